The Labute approximate surface area is 131 Å². The van der Waals surface area contributed by atoms with Gasteiger partial charge in [0.05, 0.1) is 11.0 Å². The maximum atomic E-state index is 12.8. The van der Waals surface area contributed by atoms with Crippen LogP contribution < -0.4 is 4.90 Å². The van der Waals surface area contributed by atoms with E-state index in [0.29, 0.717) is 18.3 Å². The number of para-hydroxylation sites is 3. The summed E-state index contributed by atoms with van der Waals surface area (Å²) < 4.78 is 7.78. The maximum Gasteiger partial charge on any atom is 0.296 e. The lowest BCUT2D eigenvalue weighted by atomic mass is 10.2. The molecular weight excluding hydrogens is 290 g/mol. The first kappa shape index (κ1) is 12.5. The molecule has 2 aromatic carbocycles. The lowest BCUT2D eigenvalue weighted by molar-refractivity contribution is 0.0964. The van der Waals surface area contributed by atoms with Gasteiger partial charge in [-0.2, -0.15) is 0 Å². The topological polar surface area (TPSA) is 51.3 Å². The molecule has 0 N–H and O–H groups in total. The molecular formula is C18H13N3O2. The number of rotatable bonds is 1. The Morgan fingerprint density at radius 1 is 1.04 bits per heavy atom. The first-order chi connectivity index (χ1) is 11.3. The minimum atomic E-state index is -0.143. The summed E-state index contributed by atoms with van der Waals surface area (Å²) >= 11 is 0. The fourth-order valence-corrected chi connectivity index (χ4v) is 3.20. The largest absolute Gasteiger partial charge is 0.451 e. The number of aromatic nitrogens is 2. The van der Waals surface area contributed by atoms with Crippen LogP contribution in [0.2, 0.25) is 0 Å². The van der Waals surface area contributed by atoms with Crippen molar-refractivity contribution >= 4 is 33.9 Å². The standard InChI is InChI=1S/C18H13N3O2/c22-17(16-11-12-5-1-4-8-15(12)23-16)21-10-9-20-14-7-3-2-6-13(14)19-18(20)21/h1-8,11H,9-10H2. The molecule has 23 heavy (non-hydrogen) atoms. The van der Waals surface area contributed by atoms with Crippen LogP contribution in [-0.4, -0.2) is 22.0 Å². The first-order valence-corrected chi connectivity index (χ1v) is 7.57. The summed E-state index contributed by atoms with van der Waals surface area (Å²) in [5.74, 6) is 0.901. The molecule has 0 bridgehead atoms. The van der Waals surface area contributed by atoms with E-state index in [9.17, 15) is 4.79 Å². The lowest BCUT2D eigenvalue weighted by Gasteiger charge is -2.11. The van der Waals surface area contributed by atoms with Gasteiger partial charge in [-0.15, -0.1) is 0 Å². The quantitative estimate of drug-likeness (QED) is 0.541. The van der Waals surface area contributed by atoms with Crippen molar-refractivity contribution < 1.29 is 9.21 Å². The number of nitrogens with zero attached hydrogens (tertiary/aromatic N) is 3. The zero-order valence-corrected chi connectivity index (χ0v) is 12.3. The van der Waals surface area contributed by atoms with Crippen LogP contribution in [0.1, 0.15) is 10.6 Å². The fraction of sp³-hybridized carbons (Fsp3) is 0.111. The SMILES string of the molecule is O=C(c1cc2ccccc2o1)N1CCn2c1nc1ccccc12. The average Bonchev–Trinajstić information content (AvgIpc) is 3.26. The van der Waals surface area contributed by atoms with Gasteiger partial charge in [0.15, 0.2) is 5.76 Å². The highest BCUT2D eigenvalue weighted by Crippen LogP contribution is 2.29. The molecule has 0 atom stereocenters. The summed E-state index contributed by atoms with van der Waals surface area (Å²) in [6, 6.07) is 17.4. The van der Waals surface area contributed by atoms with Crippen molar-refractivity contribution in [3.63, 3.8) is 0 Å². The second-order valence-electron chi connectivity index (χ2n) is 5.66. The predicted molar refractivity (Wildman–Crippen MR) is 87.6 cm³/mol. The number of imidazole rings is 1. The molecule has 5 rings (SSSR count). The number of fused-ring (bicyclic) bond motifs is 4. The summed E-state index contributed by atoms with van der Waals surface area (Å²) in [6.45, 7) is 1.37. The molecule has 0 saturated heterocycles. The minimum Gasteiger partial charge on any atom is -0.451 e. The van der Waals surface area contributed by atoms with E-state index in [1.165, 1.54) is 0 Å². The second kappa shape index (κ2) is 4.46. The van der Waals surface area contributed by atoms with Crippen molar-refractivity contribution in [3.05, 3.63) is 60.4 Å². The van der Waals surface area contributed by atoms with Gasteiger partial charge in [0, 0.05) is 18.5 Å². The molecule has 4 aromatic rings. The summed E-state index contributed by atoms with van der Waals surface area (Å²) in [6.07, 6.45) is 0. The van der Waals surface area contributed by atoms with Gasteiger partial charge < -0.3 is 8.98 Å². The number of hydrogen-bond acceptors (Lipinski definition) is 3. The molecule has 1 aliphatic rings. The van der Waals surface area contributed by atoms with Crippen LogP contribution in [0.25, 0.3) is 22.0 Å². The third-order valence-corrected chi connectivity index (χ3v) is 4.30. The van der Waals surface area contributed by atoms with Crippen molar-refractivity contribution in [1.29, 1.82) is 0 Å². The van der Waals surface area contributed by atoms with Crippen LogP contribution in [0.15, 0.2) is 59.0 Å². The molecule has 1 amide bonds. The summed E-state index contributed by atoms with van der Waals surface area (Å²) in [5.41, 5.74) is 2.69. The zero-order valence-electron chi connectivity index (χ0n) is 12.3. The molecule has 0 radical (unpaired) electrons. The molecule has 5 nitrogen and oxygen atoms in total. The average molecular weight is 303 g/mol. The molecule has 0 saturated carbocycles. The molecule has 0 fully saturated rings. The Morgan fingerprint density at radius 3 is 2.78 bits per heavy atom. The van der Waals surface area contributed by atoms with E-state index in [-0.39, 0.29) is 5.91 Å². The summed E-state index contributed by atoms with van der Waals surface area (Å²) in [5, 5.41) is 0.934. The van der Waals surface area contributed by atoms with Crippen LogP contribution >= 0.6 is 0 Å². The van der Waals surface area contributed by atoms with Crippen molar-refractivity contribution in [2.45, 2.75) is 6.54 Å². The highest BCUT2D eigenvalue weighted by atomic mass is 16.3. The van der Waals surface area contributed by atoms with Crippen molar-refractivity contribution in [2.75, 3.05) is 11.4 Å². The number of hydrogen-bond donors (Lipinski definition) is 0. The van der Waals surface area contributed by atoms with Crippen molar-refractivity contribution in [1.82, 2.24) is 9.55 Å². The van der Waals surface area contributed by atoms with Gasteiger partial charge in [-0.25, -0.2) is 4.98 Å². The Kier molecular flexibility index (Phi) is 2.42. The fourth-order valence-electron chi connectivity index (χ4n) is 3.20. The third-order valence-electron chi connectivity index (χ3n) is 4.30. The third kappa shape index (κ3) is 1.73. The molecule has 1 aliphatic heterocycles. The number of anilines is 1. The summed E-state index contributed by atoms with van der Waals surface area (Å²) in [7, 11) is 0. The Morgan fingerprint density at radius 2 is 1.87 bits per heavy atom. The van der Waals surface area contributed by atoms with E-state index in [1.54, 1.807) is 11.0 Å². The highest BCUT2D eigenvalue weighted by Gasteiger charge is 2.30. The molecule has 0 unspecified atom stereocenters. The molecule has 0 spiro atoms. The second-order valence-corrected chi connectivity index (χ2v) is 5.66. The van der Waals surface area contributed by atoms with Crippen LogP contribution in [-0.2, 0) is 6.54 Å². The monoisotopic (exact) mass is 303 g/mol. The van der Waals surface area contributed by atoms with E-state index < -0.39 is 0 Å². The van der Waals surface area contributed by atoms with Gasteiger partial charge in [0.2, 0.25) is 5.95 Å². The van der Waals surface area contributed by atoms with Crippen molar-refractivity contribution in [3.8, 4) is 0 Å². The van der Waals surface area contributed by atoms with Gasteiger partial charge in [-0.3, -0.25) is 9.69 Å². The van der Waals surface area contributed by atoms with Gasteiger partial charge in [-0.1, -0.05) is 30.3 Å². The van der Waals surface area contributed by atoms with Crippen LogP contribution in [0, 0.1) is 0 Å². The number of carbonyl (C=O) groups excluding carboxylic acids is 1. The van der Waals surface area contributed by atoms with E-state index in [4.69, 9.17) is 4.42 Å². The normalized spacial score (nSPS) is 13.8. The molecule has 112 valence electrons. The minimum absolute atomic E-state index is 0.143. The maximum absolute atomic E-state index is 12.8. The van der Waals surface area contributed by atoms with E-state index >= 15 is 0 Å². The number of carbonyl (C=O) groups is 1. The molecule has 2 aromatic heterocycles. The van der Waals surface area contributed by atoms with Gasteiger partial charge in [0.1, 0.15) is 5.58 Å². The van der Waals surface area contributed by atoms with Gasteiger partial charge in [0.25, 0.3) is 5.91 Å². The van der Waals surface area contributed by atoms with Crippen molar-refractivity contribution in [2.24, 2.45) is 0 Å². The predicted octanol–water partition coefficient (Wildman–Crippen LogP) is 3.44. The molecule has 0 aliphatic carbocycles. The van der Waals surface area contributed by atoms with E-state index in [0.717, 1.165) is 28.5 Å². The number of amides is 1. The molecule has 5 heteroatoms. The lowest BCUT2D eigenvalue weighted by Crippen LogP contribution is -2.29. The number of furan rings is 1. The van der Waals surface area contributed by atoms with E-state index in [1.807, 2.05) is 48.5 Å². The van der Waals surface area contributed by atoms with Gasteiger partial charge in [-0.05, 0) is 24.3 Å². The molecule has 3 heterocycles. The van der Waals surface area contributed by atoms with E-state index in [2.05, 4.69) is 9.55 Å². The van der Waals surface area contributed by atoms with Crippen LogP contribution in [0.4, 0.5) is 5.95 Å². The Hall–Kier alpha value is -3.08. The Bertz CT molecular complexity index is 1030. The smallest absolute Gasteiger partial charge is 0.296 e. The van der Waals surface area contributed by atoms with Crippen LogP contribution in [0.3, 0.4) is 0 Å². The first-order valence-electron chi connectivity index (χ1n) is 7.57. The zero-order chi connectivity index (χ0) is 15.4. The van der Waals surface area contributed by atoms with Crippen LogP contribution in [0.5, 0.6) is 0 Å². The van der Waals surface area contributed by atoms with Gasteiger partial charge >= 0.3 is 0 Å². The summed E-state index contributed by atoms with van der Waals surface area (Å²) in [4.78, 5) is 19.1. The number of benzene rings is 2. The highest BCUT2D eigenvalue weighted by molar-refractivity contribution is 6.06. The Balaban J connectivity index is 1.59.